The van der Waals surface area contributed by atoms with Gasteiger partial charge in [-0.05, 0) is 18.2 Å². The zero-order valence-electron chi connectivity index (χ0n) is 13.4. The van der Waals surface area contributed by atoms with E-state index >= 15 is 0 Å². The molecule has 0 aromatic heterocycles. The first-order valence-electron chi connectivity index (χ1n) is 6.87. The van der Waals surface area contributed by atoms with Crippen LogP contribution < -0.4 is 15.5 Å². The highest BCUT2D eigenvalue weighted by atomic mass is 16.5. The third kappa shape index (κ3) is 5.34. The molecule has 0 radical (unpaired) electrons. The van der Waals surface area contributed by atoms with E-state index in [1.165, 1.54) is 7.11 Å². The quantitative estimate of drug-likeness (QED) is 0.692. The van der Waals surface area contributed by atoms with Gasteiger partial charge in [0, 0.05) is 46.2 Å². The van der Waals surface area contributed by atoms with E-state index in [9.17, 15) is 9.59 Å². The molecule has 1 aromatic rings. The van der Waals surface area contributed by atoms with Crippen LogP contribution in [-0.4, -0.2) is 59.9 Å². The normalized spacial score (nSPS) is 10.2. The molecule has 122 valence electrons. The summed E-state index contributed by atoms with van der Waals surface area (Å²) in [5.74, 6) is -0.491. The van der Waals surface area contributed by atoms with Crippen molar-refractivity contribution >= 4 is 23.2 Å². The van der Waals surface area contributed by atoms with E-state index in [4.69, 9.17) is 9.47 Å². The van der Waals surface area contributed by atoms with Gasteiger partial charge in [0.25, 0.3) is 5.91 Å². The van der Waals surface area contributed by atoms with Gasteiger partial charge in [-0.2, -0.15) is 0 Å². The summed E-state index contributed by atoms with van der Waals surface area (Å²) in [6.07, 6.45) is 0. The zero-order chi connectivity index (χ0) is 16.5. The van der Waals surface area contributed by atoms with E-state index in [1.807, 2.05) is 19.0 Å². The van der Waals surface area contributed by atoms with Crippen LogP contribution in [0.4, 0.5) is 11.4 Å². The molecular weight excluding hydrogens is 286 g/mol. The van der Waals surface area contributed by atoms with Crippen LogP contribution in [0.1, 0.15) is 10.4 Å². The summed E-state index contributed by atoms with van der Waals surface area (Å²) in [7, 11) is 6.72. The summed E-state index contributed by atoms with van der Waals surface area (Å²) in [5, 5.41) is 5.46. The molecule has 0 saturated carbocycles. The Hall–Kier alpha value is -2.12. The molecule has 2 amide bonds. The van der Waals surface area contributed by atoms with Crippen LogP contribution in [0.5, 0.6) is 0 Å². The van der Waals surface area contributed by atoms with Crippen molar-refractivity contribution in [2.45, 2.75) is 0 Å². The standard InChI is InChI=1S/C15H23N3O4/c1-18(2)13-6-5-11(17-14(19)10-22-4)9-12(13)15(20)16-7-8-21-3/h5-6,9H,7-8,10H2,1-4H3,(H,16,20)(H,17,19). The van der Waals surface area contributed by atoms with Crippen LogP contribution in [-0.2, 0) is 14.3 Å². The lowest BCUT2D eigenvalue weighted by molar-refractivity contribution is -0.119. The molecule has 22 heavy (non-hydrogen) atoms. The number of anilines is 2. The smallest absolute Gasteiger partial charge is 0.253 e. The van der Waals surface area contributed by atoms with Crippen LogP contribution in [0.2, 0.25) is 0 Å². The highest BCUT2D eigenvalue weighted by Gasteiger charge is 2.14. The summed E-state index contributed by atoms with van der Waals surface area (Å²) >= 11 is 0. The molecule has 0 atom stereocenters. The van der Waals surface area contributed by atoms with Gasteiger partial charge in [0.2, 0.25) is 5.91 Å². The third-order valence-electron chi connectivity index (χ3n) is 2.87. The first kappa shape index (κ1) is 17.9. The fourth-order valence-corrected chi connectivity index (χ4v) is 1.88. The van der Waals surface area contributed by atoms with Crippen molar-refractivity contribution < 1.29 is 19.1 Å². The van der Waals surface area contributed by atoms with Gasteiger partial charge in [-0.15, -0.1) is 0 Å². The molecule has 0 heterocycles. The number of hydrogen-bond donors (Lipinski definition) is 2. The topological polar surface area (TPSA) is 79.9 Å². The largest absolute Gasteiger partial charge is 0.383 e. The molecule has 7 heteroatoms. The van der Waals surface area contributed by atoms with Crippen LogP contribution >= 0.6 is 0 Å². The number of benzene rings is 1. The van der Waals surface area contributed by atoms with E-state index in [1.54, 1.807) is 25.3 Å². The van der Waals surface area contributed by atoms with Gasteiger partial charge >= 0.3 is 0 Å². The first-order chi connectivity index (χ1) is 10.5. The van der Waals surface area contributed by atoms with Crippen molar-refractivity contribution in [3.8, 4) is 0 Å². The minimum absolute atomic E-state index is 0.0369. The monoisotopic (exact) mass is 309 g/mol. The van der Waals surface area contributed by atoms with Gasteiger partial charge < -0.3 is 25.0 Å². The number of rotatable bonds is 8. The van der Waals surface area contributed by atoms with Crippen molar-refractivity contribution in [1.29, 1.82) is 0 Å². The highest BCUT2D eigenvalue weighted by Crippen LogP contribution is 2.23. The predicted molar refractivity (Wildman–Crippen MR) is 85.5 cm³/mol. The molecule has 0 aliphatic rings. The van der Waals surface area contributed by atoms with Crippen molar-refractivity contribution in [1.82, 2.24) is 5.32 Å². The second kappa shape index (κ2) is 9.01. The summed E-state index contributed by atoms with van der Waals surface area (Å²) in [6, 6.07) is 5.17. The van der Waals surface area contributed by atoms with Gasteiger partial charge in [0.05, 0.1) is 12.2 Å². The molecule has 7 nitrogen and oxygen atoms in total. The van der Waals surface area contributed by atoms with Gasteiger partial charge in [-0.3, -0.25) is 9.59 Å². The Balaban J connectivity index is 2.94. The number of hydrogen-bond acceptors (Lipinski definition) is 5. The average molecular weight is 309 g/mol. The third-order valence-corrected chi connectivity index (χ3v) is 2.87. The van der Waals surface area contributed by atoms with Crippen LogP contribution in [0.3, 0.4) is 0 Å². The molecule has 0 unspecified atom stereocenters. The van der Waals surface area contributed by atoms with Crippen molar-refractivity contribution in [2.75, 3.05) is 58.3 Å². The van der Waals surface area contributed by atoms with Crippen LogP contribution in [0, 0.1) is 0 Å². The van der Waals surface area contributed by atoms with E-state index in [-0.39, 0.29) is 18.4 Å². The Bertz CT molecular complexity index is 518. The minimum atomic E-state index is -0.272. The van der Waals surface area contributed by atoms with Crippen molar-refractivity contribution in [2.24, 2.45) is 0 Å². The predicted octanol–water partition coefficient (Wildman–Crippen LogP) is 0.714. The van der Waals surface area contributed by atoms with E-state index in [0.29, 0.717) is 24.4 Å². The number of nitrogens with zero attached hydrogens (tertiary/aromatic N) is 1. The summed E-state index contributed by atoms with van der Waals surface area (Å²) in [4.78, 5) is 25.7. The minimum Gasteiger partial charge on any atom is -0.383 e. The van der Waals surface area contributed by atoms with Gasteiger partial charge in [-0.25, -0.2) is 0 Å². The summed E-state index contributed by atoms with van der Waals surface area (Å²) in [6.45, 7) is 0.820. The molecule has 0 aliphatic heterocycles. The molecule has 1 rings (SSSR count). The fourth-order valence-electron chi connectivity index (χ4n) is 1.88. The Morgan fingerprint density at radius 1 is 1.18 bits per heavy atom. The van der Waals surface area contributed by atoms with Crippen molar-refractivity contribution in [3.05, 3.63) is 23.8 Å². The maximum absolute atomic E-state index is 12.3. The number of nitrogens with one attached hydrogen (secondary N) is 2. The van der Waals surface area contributed by atoms with Gasteiger partial charge in [0.15, 0.2) is 0 Å². The number of carbonyl (C=O) groups is 2. The number of methoxy groups -OCH3 is 2. The molecule has 0 bridgehead atoms. The summed E-state index contributed by atoms with van der Waals surface area (Å²) < 4.78 is 9.68. The molecule has 0 saturated heterocycles. The maximum Gasteiger partial charge on any atom is 0.253 e. The number of carbonyl (C=O) groups excluding carboxylic acids is 2. The Labute approximate surface area is 130 Å². The lowest BCUT2D eigenvalue weighted by Crippen LogP contribution is -2.29. The molecule has 0 aliphatic carbocycles. The lowest BCUT2D eigenvalue weighted by atomic mass is 10.1. The molecular formula is C15H23N3O4. The zero-order valence-corrected chi connectivity index (χ0v) is 13.4. The van der Waals surface area contributed by atoms with E-state index < -0.39 is 0 Å². The highest BCUT2D eigenvalue weighted by molar-refractivity contribution is 6.02. The average Bonchev–Trinajstić information content (AvgIpc) is 2.47. The van der Waals surface area contributed by atoms with E-state index in [2.05, 4.69) is 10.6 Å². The Morgan fingerprint density at radius 3 is 2.50 bits per heavy atom. The molecule has 0 fully saturated rings. The molecule has 2 N–H and O–H groups in total. The van der Waals surface area contributed by atoms with Crippen LogP contribution in [0.25, 0.3) is 0 Å². The van der Waals surface area contributed by atoms with Crippen LogP contribution in [0.15, 0.2) is 18.2 Å². The van der Waals surface area contributed by atoms with Gasteiger partial charge in [-0.1, -0.05) is 0 Å². The van der Waals surface area contributed by atoms with Gasteiger partial charge in [0.1, 0.15) is 6.61 Å². The van der Waals surface area contributed by atoms with E-state index in [0.717, 1.165) is 5.69 Å². The maximum atomic E-state index is 12.3. The second-order valence-corrected chi connectivity index (χ2v) is 4.86. The Morgan fingerprint density at radius 2 is 1.91 bits per heavy atom. The molecule has 1 aromatic carbocycles. The lowest BCUT2D eigenvalue weighted by Gasteiger charge is -2.18. The summed E-state index contributed by atoms with van der Waals surface area (Å²) in [5.41, 5.74) is 1.79. The fraction of sp³-hybridized carbons (Fsp3) is 0.467. The SMILES string of the molecule is COCCNC(=O)c1cc(NC(=O)COC)ccc1N(C)C. The van der Waals surface area contributed by atoms with Crippen molar-refractivity contribution in [3.63, 3.8) is 0 Å². The Kier molecular flexibility index (Phi) is 7.34. The number of amides is 2. The number of ether oxygens (including phenoxy) is 2. The second-order valence-electron chi connectivity index (χ2n) is 4.86. The molecule has 0 spiro atoms. The first-order valence-corrected chi connectivity index (χ1v) is 6.87.